The Labute approximate surface area is 123 Å². The summed E-state index contributed by atoms with van der Waals surface area (Å²) in [5.74, 6) is 0. The van der Waals surface area contributed by atoms with Crippen molar-refractivity contribution in [3.05, 3.63) is 28.2 Å². The molecule has 4 heteroatoms. The molecule has 1 fully saturated rings. The van der Waals surface area contributed by atoms with Crippen molar-refractivity contribution in [2.45, 2.75) is 38.6 Å². The normalized spacial score (nSPS) is 19.9. The molecule has 18 heavy (non-hydrogen) atoms. The first-order valence-corrected chi connectivity index (χ1v) is 7.69. The maximum Gasteiger partial charge on any atom is 0.105 e. The molecule has 1 aromatic carbocycles. The van der Waals surface area contributed by atoms with E-state index in [0.29, 0.717) is 11.0 Å². The lowest BCUT2D eigenvalue weighted by Crippen LogP contribution is -2.39. The van der Waals surface area contributed by atoms with Crippen LogP contribution in [0.25, 0.3) is 0 Å². The zero-order chi connectivity index (χ0) is 13.1. The summed E-state index contributed by atoms with van der Waals surface area (Å²) >= 11 is 8.59. The van der Waals surface area contributed by atoms with Gasteiger partial charge in [-0.1, -0.05) is 19.1 Å². The summed E-state index contributed by atoms with van der Waals surface area (Å²) in [6, 6.07) is 6.96. The summed E-state index contributed by atoms with van der Waals surface area (Å²) in [5, 5.41) is 0. The highest BCUT2D eigenvalue weighted by Gasteiger charge is 2.21. The fraction of sp³-hybridized carbons (Fsp3) is 0.500. The number of hydrogen-bond donors (Lipinski definition) is 1. The van der Waals surface area contributed by atoms with Crippen LogP contribution in [0, 0.1) is 0 Å². The molecule has 1 aliphatic rings. The Morgan fingerprint density at radius 3 is 2.89 bits per heavy atom. The van der Waals surface area contributed by atoms with Gasteiger partial charge in [0.25, 0.3) is 0 Å². The van der Waals surface area contributed by atoms with Crippen LogP contribution < -0.4 is 10.6 Å². The Balaban J connectivity index is 2.27. The van der Waals surface area contributed by atoms with Crippen LogP contribution in [0.2, 0.25) is 0 Å². The third-order valence-corrected chi connectivity index (χ3v) is 4.52. The molecule has 98 valence electrons. The van der Waals surface area contributed by atoms with Gasteiger partial charge in [0.2, 0.25) is 0 Å². The lowest BCUT2D eigenvalue weighted by Gasteiger charge is -2.37. The molecule has 0 amide bonds. The average Bonchev–Trinajstić information content (AvgIpc) is 2.38. The lowest BCUT2D eigenvalue weighted by molar-refractivity contribution is 0.450. The number of thiocarbonyl (C=S) groups is 1. The molecule has 1 unspecified atom stereocenters. The first kappa shape index (κ1) is 13.8. The highest BCUT2D eigenvalue weighted by Crippen LogP contribution is 2.30. The van der Waals surface area contributed by atoms with E-state index >= 15 is 0 Å². The van der Waals surface area contributed by atoms with Gasteiger partial charge in [0.1, 0.15) is 4.99 Å². The summed E-state index contributed by atoms with van der Waals surface area (Å²) in [5.41, 5.74) is 7.87. The van der Waals surface area contributed by atoms with Crippen LogP contribution in [-0.4, -0.2) is 17.6 Å². The predicted octanol–water partition coefficient (Wildman–Crippen LogP) is 3.85. The van der Waals surface area contributed by atoms with Crippen molar-refractivity contribution >= 4 is 38.8 Å². The van der Waals surface area contributed by atoms with E-state index in [-0.39, 0.29) is 0 Å². The SMILES string of the molecule is CCC1CCCCN1c1ccc(C(N)=S)c(Br)c1. The van der Waals surface area contributed by atoms with E-state index < -0.39 is 0 Å². The fourth-order valence-corrected chi connectivity index (χ4v) is 3.54. The van der Waals surface area contributed by atoms with Crippen LogP contribution in [0.3, 0.4) is 0 Å². The van der Waals surface area contributed by atoms with E-state index in [1.807, 2.05) is 6.07 Å². The van der Waals surface area contributed by atoms with E-state index in [2.05, 4.69) is 39.9 Å². The number of halogens is 1. The monoisotopic (exact) mass is 326 g/mol. The number of anilines is 1. The highest BCUT2D eigenvalue weighted by molar-refractivity contribution is 9.10. The number of benzene rings is 1. The lowest BCUT2D eigenvalue weighted by atomic mass is 9.99. The van der Waals surface area contributed by atoms with Crippen LogP contribution >= 0.6 is 28.1 Å². The van der Waals surface area contributed by atoms with Crippen LogP contribution in [0.5, 0.6) is 0 Å². The Hall–Kier alpha value is -0.610. The first-order chi connectivity index (χ1) is 8.63. The number of nitrogens with two attached hydrogens (primary N) is 1. The van der Waals surface area contributed by atoms with E-state index in [4.69, 9.17) is 18.0 Å². The first-order valence-electron chi connectivity index (χ1n) is 6.49. The average molecular weight is 327 g/mol. The number of piperidine rings is 1. The maximum absolute atomic E-state index is 5.68. The minimum Gasteiger partial charge on any atom is -0.389 e. The van der Waals surface area contributed by atoms with Crippen molar-refractivity contribution in [3.8, 4) is 0 Å². The second kappa shape index (κ2) is 6.02. The molecule has 1 aliphatic heterocycles. The predicted molar refractivity (Wildman–Crippen MR) is 85.3 cm³/mol. The van der Waals surface area contributed by atoms with Gasteiger partial charge in [-0.15, -0.1) is 0 Å². The topological polar surface area (TPSA) is 29.3 Å². The van der Waals surface area contributed by atoms with Crippen molar-refractivity contribution in [1.82, 2.24) is 0 Å². The van der Waals surface area contributed by atoms with Gasteiger partial charge in [-0.2, -0.15) is 0 Å². The van der Waals surface area contributed by atoms with E-state index in [0.717, 1.165) is 16.6 Å². The fourth-order valence-electron chi connectivity index (χ4n) is 2.65. The molecule has 0 saturated carbocycles. The van der Waals surface area contributed by atoms with Crippen molar-refractivity contribution in [1.29, 1.82) is 0 Å². The minimum atomic E-state index is 0.444. The van der Waals surface area contributed by atoms with Crippen molar-refractivity contribution < 1.29 is 0 Å². The Kier molecular flexibility index (Phi) is 4.62. The van der Waals surface area contributed by atoms with Crippen LogP contribution in [-0.2, 0) is 0 Å². The molecular formula is C14H19BrN2S. The maximum atomic E-state index is 5.68. The molecule has 1 saturated heterocycles. The Morgan fingerprint density at radius 2 is 2.28 bits per heavy atom. The molecular weight excluding hydrogens is 308 g/mol. The number of hydrogen-bond acceptors (Lipinski definition) is 2. The molecule has 0 spiro atoms. The second-order valence-electron chi connectivity index (χ2n) is 4.78. The molecule has 1 heterocycles. The third kappa shape index (κ3) is 2.86. The van der Waals surface area contributed by atoms with Crippen LogP contribution in [0.1, 0.15) is 38.2 Å². The smallest absolute Gasteiger partial charge is 0.105 e. The van der Waals surface area contributed by atoms with E-state index in [9.17, 15) is 0 Å². The molecule has 1 atom stereocenters. The van der Waals surface area contributed by atoms with Gasteiger partial charge in [-0.3, -0.25) is 0 Å². The Morgan fingerprint density at radius 1 is 1.50 bits per heavy atom. The Bertz CT molecular complexity index is 447. The summed E-state index contributed by atoms with van der Waals surface area (Å²) in [7, 11) is 0. The zero-order valence-electron chi connectivity index (χ0n) is 10.7. The molecule has 0 radical (unpaired) electrons. The van der Waals surface area contributed by atoms with Crippen LogP contribution in [0.4, 0.5) is 5.69 Å². The van der Waals surface area contributed by atoms with Gasteiger partial charge in [-0.25, -0.2) is 0 Å². The second-order valence-corrected chi connectivity index (χ2v) is 6.07. The molecule has 0 aliphatic carbocycles. The van der Waals surface area contributed by atoms with Crippen molar-refractivity contribution in [2.24, 2.45) is 5.73 Å². The molecule has 0 aromatic heterocycles. The molecule has 2 N–H and O–H groups in total. The zero-order valence-corrected chi connectivity index (χ0v) is 13.1. The highest BCUT2D eigenvalue weighted by atomic mass is 79.9. The molecule has 2 rings (SSSR count). The molecule has 1 aromatic rings. The van der Waals surface area contributed by atoms with Gasteiger partial charge in [-0.05, 0) is 59.8 Å². The summed E-state index contributed by atoms with van der Waals surface area (Å²) in [6.07, 6.45) is 5.13. The van der Waals surface area contributed by atoms with Gasteiger partial charge < -0.3 is 10.6 Å². The van der Waals surface area contributed by atoms with Crippen molar-refractivity contribution in [2.75, 3.05) is 11.4 Å². The summed E-state index contributed by atoms with van der Waals surface area (Å²) in [6.45, 7) is 3.42. The standard InChI is InChI=1S/C14H19BrN2S/c1-2-10-5-3-4-8-17(10)11-6-7-12(14(16)18)13(15)9-11/h6-7,9-10H,2-5,8H2,1H3,(H2,16,18). The largest absolute Gasteiger partial charge is 0.389 e. The summed E-state index contributed by atoms with van der Waals surface area (Å²) in [4.78, 5) is 2.96. The summed E-state index contributed by atoms with van der Waals surface area (Å²) < 4.78 is 0.993. The molecule has 2 nitrogen and oxygen atoms in total. The third-order valence-electron chi connectivity index (χ3n) is 3.65. The number of rotatable bonds is 3. The molecule has 0 bridgehead atoms. The quantitative estimate of drug-likeness (QED) is 0.855. The van der Waals surface area contributed by atoms with Crippen molar-refractivity contribution in [3.63, 3.8) is 0 Å². The number of nitrogens with zero attached hydrogens (tertiary/aromatic N) is 1. The minimum absolute atomic E-state index is 0.444. The van der Waals surface area contributed by atoms with E-state index in [1.54, 1.807) is 0 Å². The van der Waals surface area contributed by atoms with E-state index in [1.165, 1.54) is 31.4 Å². The van der Waals surface area contributed by atoms with Gasteiger partial charge >= 0.3 is 0 Å². The van der Waals surface area contributed by atoms with Gasteiger partial charge in [0, 0.05) is 28.3 Å². The van der Waals surface area contributed by atoms with Gasteiger partial charge in [0.05, 0.1) is 0 Å². The van der Waals surface area contributed by atoms with Gasteiger partial charge in [0.15, 0.2) is 0 Å². The van der Waals surface area contributed by atoms with Crippen LogP contribution in [0.15, 0.2) is 22.7 Å².